The van der Waals surface area contributed by atoms with Crippen molar-refractivity contribution in [3.8, 4) is 11.3 Å². The molecule has 156 valence electrons. The lowest BCUT2D eigenvalue weighted by Gasteiger charge is -2.14. The van der Waals surface area contributed by atoms with Gasteiger partial charge in [0.1, 0.15) is 17.1 Å². The number of methoxy groups -OCH3 is 1. The normalized spacial score (nSPS) is 14.8. The molecular formula is C22H14Cl2N2O5. The third-order valence-electron chi connectivity index (χ3n) is 4.53. The molecule has 1 saturated heterocycles. The predicted molar refractivity (Wildman–Crippen MR) is 116 cm³/mol. The maximum absolute atomic E-state index is 12.7. The highest BCUT2D eigenvalue weighted by Gasteiger charge is 2.34. The Morgan fingerprint density at radius 1 is 1.10 bits per heavy atom. The quantitative estimate of drug-likeness (QED) is 0.354. The van der Waals surface area contributed by atoms with Crippen molar-refractivity contribution in [2.24, 2.45) is 0 Å². The van der Waals surface area contributed by atoms with E-state index in [1.807, 2.05) is 0 Å². The minimum absolute atomic E-state index is 0.0905. The van der Waals surface area contributed by atoms with Gasteiger partial charge in [-0.3, -0.25) is 15.0 Å². The molecule has 2 heterocycles. The molecule has 1 aromatic heterocycles. The standard InChI is InChI=1S/C22H14Cl2N2O5/c1-30-22(29)16-9-12(5-7-18(16)24)19-8-6-15(31-19)11-17-20(27)25-26(21(17)28)14-4-2-3-13(23)10-14/h2-11H,1H3,(H,25,27)/b17-11-. The molecule has 0 unspecified atom stereocenters. The van der Waals surface area contributed by atoms with Gasteiger partial charge in [-0.25, -0.2) is 9.80 Å². The topological polar surface area (TPSA) is 88.9 Å². The minimum atomic E-state index is -0.574. The maximum Gasteiger partial charge on any atom is 0.339 e. The molecule has 0 bridgehead atoms. The van der Waals surface area contributed by atoms with E-state index >= 15 is 0 Å². The molecule has 1 fully saturated rings. The van der Waals surface area contributed by atoms with Crippen LogP contribution in [0.5, 0.6) is 0 Å². The Morgan fingerprint density at radius 3 is 2.65 bits per heavy atom. The van der Waals surface area contributed by atoms with Crippen LogP contribution in [0.25, 0.3) is 17.4 Å². The summed E-state index contributed by atoms with van der Waals surface area (Å²) in [5.41, 5.74) is 3.62. The highest BCUT2D eigenvalue weighted by Crippen LogP contribution is 2.29. The summed E-state index contributed by atoms with van der Waals surface area (Å²) in [7, 11) is 1.26. The van der Waals surface area contributed by atoms with E-state index in [2.05, 4.69) is 5.43 Å². The van der Waals surface area contributed by atoms with E-state index in [-0.39, 0.29) is 21.9 Å². The van der Waals surface area contributed by atoms with Crippen LogP contribution in [0, 0.1) is 0 Å². The average molecular weight is 457 g/mol. The van der Waals surface area contributed by atoms with Crippen LogP contribution in [0.1, 0.15) is 16.1 Å². The molecule has 0 saturated carbocycles. The molecule has 0 spiro atoms. The van der Waals surface area contributed by atoms with Gasteiger partial charge in [0.2, 0.25) is 0 Å². The van der Waals surface area contributed by atoms with E-state index < -0.39 is 17.8 Å². The smallest absolute Gasteiger partial charge is 0.339 e. The van der Waals surface area contributed by atoms with Crippen molar-refractivity contribution in [1.29, 1.82) is 0 Å². The summed E-state index contributed by atoms with van der Waals surface area (Å²) in [5, 5.41) is 1.80. The highest BCUT2D eigenvalue weighted by atomic mass is 35.5. The summed E-state index contributed by atoms with van der Waals surface area (Å²) in [4.78, 5) is 36.9. The molecular weight excluding hydrogens is 443 g/mol. The van der Waals surface area contributed by atoms with Gasteiger partial charge in [0.05, 0.1) is 23.4 Å². The second-order valence-corrected chi connectivity index (χ2v) is 7.35. The number of nitrogens with one attached hydrogen (secondary N) is 1. The van der Waals surface area contributed by atoms with Crippen LogP contribution in [0.3, 0.4) is 0 Å². The lowest BCUT2D eigenvalue weighted by Crippen LogP contribution is -2.35. The molecule has 2 amide bonds. The Balaban J connectivity index is 1.62. The molecule has 0 atom stereocenters. The summed E-state index contributed by atoms with van der Waals surface area (Å²) in [6, 6.07) is 14.6. The molecule has 31 heavy (non-hydrogen) atoms. The monoisotopic (exact) mass is 456 g/mol. The van der Waals surface area contributed by atoms with Gasteiger partial charge in [-0.2, -0.15) is 0 Å². The van der Waals surface area contributed by atoms with E-state index in [1.54, 1.807) is 48.5 Å². The van der Waals surface area contributed by atoms with E-state index in [9.17, 15) is 14.4 Å². The Bertz CT molecular complexity index is 1250. The van der Waals surface area contributed by atoms with Gasteiger partial charge in [-0.05, 0) is 54.6 Å². The van der Waals surface area contributed by atoms with Crippen molar-refractivity contribution in [3.05, 3.63) is 81.5 Å². The Labute approximate surface area is 186 Å². The first kappa shape index (κ1) is 20.7. The van der Waals surface area contributed by atoms with Crippen LogP contribution in [-0.4, -0.2) is 24.9 Å². The number of carbonyl (C=O) groups excluding carboxylic acids is 3. The van der Waals surface area contributed by atoms with Crippen molar-refractivity contribution >= 4 is 52.7 Å². The molecule has 9 heteroatoms. The number of halogens is 2. The van der Waals surface area contributed by atoms with Gasteiger partial charge in [-0.15, -0.1) is 0 Å². The van der Waals surface area contributed by atoms with Crippen molar-refractivity contribution in [2.75, 3.05) is 12.1 Å². The number of hydrogen-bond acceptors (Lipinski definition) is 5. The number of amides is 2. The minimum Gasteiger partial charge on any atom is -0.465 e. The fourth-order valence-electron chi connectivity index (χ4n) is 3.03. The number of anilines is 1. The van der Waals surface area contributed by atoms with E-state index in [0.29, 0.717) is 22.0 Å². The van der Waals surface area contributed by atoms with Crippen LogP contribution in [0.4, 0.5) is 5.69 Å². The Kier molecular flexibility index (Phi) is 5.54. The summed E-state index contributed by atoms with van der Waals surface area (Å²) in [5.74, 6) is -0.968. The number of hydrazine groups is 1. The zero-order valence-corrected chi connectivity index (χ0v) is 17.5. The van der Waals surface area contributed by atoms with Crippen LogP contribution < -0.4 is 10.4 Å². The summed E-state index contributed by atoms with van der Waals surface area (Å²) in [6.45, 7) is 0. The molecule has 3 aromatic rings. The summed E-state index contributed by atoms with van der Waals surface area (Å²) >= 11 is 12.0. The van der Waals surface area contributed by atoms with Crippen molar-refractivity contribution in [1.82, 2.24) is 5.43 Å². The van der Waals surface area contributed by atoms with Gasteiger partial charge in [-0.1, -0.05) is 29.3 Å². The number of ether oxygens (including phenoxy) is 1. The maximum atomic E-state index is 12.7. The second kappa shape index (κ2) is 8.29. The number of hydrogen-bond donors (Lipinski definition) is 1. The first-order valence-corrected chi connectivity index (χ1v) is 9.74. The van der Waals surface area contributed by atoms with Crippen molar-refractivity contribution in [3.63, 3.8) is 0 Å². The Hall–Kier alpha value is -3.55. The number of nitrogens with zero attached hydrogens (tertiary/aromatic N) is 1. The van der Waals surface area contributed by atoms with E-state index in [4.69, 9.17) is 32.4 Å². The summed E-state index contributed by atoms with van der Waals surface area (Å²) < 4.78 is 10.5. The lowest BCUT2D eigenvalue weighted by atomic mass is 10.1. The molecule has 2 aromatic carbocycles. The molecule has 1 aliphatic rings. The van der Waals surface area contributed by atoms with E-state index in [0.717, 1.165) is 5.01 Å². The first-order valence-electron chi connectivity index (χ1n) is 8.98. The zero-order chi connectivity index (χ0) is 22.1. The van der Waals surface area contributed by atoms with Gasteiger partial charge < -0.3 is 9.15 Å². The number of carbonyl (C=O) groups is 3. The molecule has 1 aliphatic heterocycles. The van der Waals surface area contributed by atoms with Crippen LogP contribution in [0.15, 0.2) is 64.6 Å². The van der Waals surface area contributed by atoms with Crippen molar-refractivity contribution < 1.29 is 23.5 Å². The van der Waals surface area contributed by atoms with Gasteiger partial charge >= 0.3 is 5.97 Å². The molecule has 0 radical (unpaired) electrons. The highest BCUT2D eigenvalue weighted by molar-refractivity contribution is 6.34. The third-order valence-corrected chi connectivity index (χ3v) is 5.09. The predicted octanol–water partition coefficient (Wildman–Crippen LogP) is 4.50. The Morgan fingerprint density at radius 2 is 1.90 bits per heavy atom. The first-order chi connectivity index (χ1) is 14.9. The molecule has 1 N–H and O–H groups in total. The van der Waals surface area contributed by atoms with Gasteiger partial charge in [0, 0.05) is 10.6 Å². The number of furan rings is 1. The van der Waals surface area contributed by atoms with Crippen LogP contribution >= 0.6 is 23.2 Å². The number of esters is 1. The zero-order valence-electron chi connectivity index (χ0n) is 16.0. The van der Waals surface area contributed by atoms with Crippen LogP contribution in [0.2, 0.25) is 10.0 Å². The lowest BCUT2D eigenvalue weighted by molar-refractivity contribution is -0.117. The number of benzene rings is 2. The largest absolute Gasteiger partial charge is 0.465 e. The fraction of sp³-hybridized carbons (Fsp3) is 0.0455. The van der Waals surface area contributed by atoms with Gasteiger partial charge in [0.25, 0.3) is 11.8 Å². The number of rotatable bonds is 4. The average Bonchev–Trinajstić information content (AvgIpc) is 3.34. The van der Waals surface area contributed by atoms with Crippen molar-refractivity contribution in [2.45, 2.75) is 0 Å². The molecule has 7 nitrogen and oxygen atoms in total. The molecule has 0 aliphatic carbocycles. The second-order valence-electron chi connectivity index (χ2n) is 6.51. The van der Waals surface area contributed by atoms with E-state index in [1.165, 1.54) is 19.3 Å². The SMILES string of the molecule is COC(=O)c1cc(-c2ccc(/C=C3/C(=O)NN(c4cccc(Cl)c4)C3=O)o2)ccc1Cl. The van der Waals surface area contributed by atoms with Crippen LogP contribution in [-0.2, 0) is 14.3 Å². The third kappa shape index (κ3) is 4.05. The molecule has 4 rings (SSSR count). The fourth-order valence-corrected chi connectivity index (χ4v) is 3.41. The van der Waals surface area contributed by atoms with Gasteiger partial charge in [0.15, 0.2) is 0 Å². The summed E-state index contributed by atoms with van der Waals surface area (Å²) in [6.07, 6.45) is 1.35.